The van der Waals surface area contributed by atoms with Crippen LogP contribution in [0.4, 0.5) is 5.69 Å². The number of ether oxygens (including phenoxy) is 2. The predicted molar refractivity (Wildman–Crippen MR) is 128 cm³/mol. The number of carbonyl (C=O) groups is 2. The van der Waals surface area contributed by atoms with Gasteiger partial charge in [0.1, 0.15) is 12.3 Å². The van der Waals surface area contributed by atoms with Crippen molar-refractivity contribution in [1.29, 1.82) is 0 Å². The van der Waals surface area contributed by atoms with Crippen molar-refractivity contribution in [2.75, 3.05) is 7.11 Å². The normalized spacial score (nSPS) is 10.9. The molecule has 3 aromatic carbocycles. The highest BCUT2D eigenvalue weighted by Crippen LogP contribution is 2.38. The van der Waals surface area contributed by atoms with Crippen molar-refractivity contribution in [3.8, 4) is 11.5 Å². The standard InChI is InChI=1S/C24H19BrN2O7/c1-33-21-13-16(12-20(24(29)30)26-23(28)17-7-3-2-4-8-17)11-19(25)22(21)34-14-15-6-5-9-18(10-15)27(31)32/h2-13H,14H2,1H3,(H,26,28)(H,29,30). The highest BCUT2D eigenvalue weighted by Gasteiger charge is 2.16. The molecule has 0 aromatic heterocycles. The van der Waals surface area contributed by atoms with Crippen LogP contribution in [-0.4, -0.2) is 29.0 Å². The van der Waals surface area contributed by atoms with Crippen LogP contribution >= 0.6 is 15.9 Å². The van der Waals surface area contributed by atoms with Gasteiger partial charge in [0.05, 0.1) is 16.5 Å². The number of carboxylic acids is 1. The molecule has 3 aromatic rings. The Labute approximate surface area is 202 Å². The number of carbonyl (C=O) groups excluding carboxylic acids is 1. The molecule has 0 bridgehead atoms. The molecule has 0 aliphatic rings. The van der Waals surface area contributed by atoms with Crippen LogP contribution < -0.4 is 14.8 Å². The summed E-state index contributed by atoms with van der Waals surface area (Å²) >= 11 is 3.39. The van der Waals surface area contributed by atoms with E-state index in [-0.39, 0.29) is 18.0 Å². The van der Waals surface area contributed by atoms with E-state index in [2.05, 4.69) is 21.2 Å². The average Bonchev–Trinajstić information content (AvgIpc) is 2.83. The van der Waals surface area contributed by atoms with Crippen LogP contribution in [-0.2, 0) is 11.4 Å². The van der Waals surface area contributed by atoms with Crippen molar-refractivity contribution < 1.29 is 29.1 Å². The zero-order valence-corrected chi connectivity index (χ0v) is 19.4. The summed E-state index contributed by atoms with van der Waals surface area (Å²) in [5, 5.41) is 22.9. The third kappa shape index (κ3) is 6.20. The zero-order chi connectivity index (χ0) is 24.7. The fourth-order valence-corrected chi connectivity index (χ4v) is 3.55. The second-order valence-electron chi connectivity index (χ2n) is 6.93. The van der Waals surface area contributed by atoms with Crippen molar-refractivity contribution in [2.45, 2.75) is 6.61 Å². The number of hydrogen-bond acceptors (Lipinski definition) is 6. The van der Waals surface area contributed by atoms with Gasteiger partial charge >= 0.3 is 5.97 Å². The number of nitrogens with zero attached hydrogens (tertiary/aromatic N) is 1. The lowest BCUT2D eigenvalue weighted by Gasteiger charge is -2.14. The highest BCUT2D eigenvalue weighted by atomic mass is 79.9. The average molecular weight is 527 g/mol. The van der Waals surface area contributed by atoms with E-state index in [1.807, 2.05) is 0 Å². The largest absolute Gasteiger partial charge is 0.493 e. The molecule has 0 saturated carbocycles. The molecule has 0 aliphatic carbocycles. The zero-order valence-electron chi connectivity index (χ0n) is 17.9. The van der Waals surface area contributed by atoms with Crippen molar-refractivity contribution in [3.63, 3.8) is 0 Å². The second-order valence-corrected chi connectivity index (χ2v) is 7.79. The third-order valence-electron chi connectivity index (χ3n) is 4.58. The molecule has 0 atom stereocenters. The Morgan fingerprint density at radius 3 is 2.50 bits per heavy atom. The van der Waals surface area contributed by atoms with Crippen LogP contribution in [0.15, 0.2) is 76.9 Å². The molecule has 0 saturated heterocycles. The number of benzene rings is 3. The Bertz CT molecular complexity index is 1260. The van der Waals surface area contributed by atoms with Crippen LogP contribution in [0.1, 0.15) is 21.5 Å². The van der Waals surface area contributed by atoms with Crippen LogP contribution in [0.3, 0.4) is 0 Å². The minimum Gasteiger partial charge on any atom is -0.493 e. The number of non-ortho nitro benzene ring substituents is 1. The molecule has 9 nitrogen and oxygen atoms in total. The quantitative estimate of drug-likeness (QED) is 0.232. The first-order valence-corrected chi connectivity index (χ1v) is 10.6. The van der Waals surface area contributed by atoms with Gasteiger partial charge in [0, 0.05) is 17.7 Å². The number of hydrogen-bond donors (Lipinski definition) is 2. The summed E-state index contributed by atoms with van der Waals surface area (Å²) < 4.78 is 11.7. The van der Waals surface area contributed by atoms with E-state index in [0.717, 1.165) is 0 Å². The topological polar surface area (TPSA) is 128 Å². The van der Waals surface area contributed by atoms with E-state index in [9.17, 15) is 24.8 Å². The monoisotopic (exact) mass is 526 g/mol. The van der Waals surface area contributed by atoms with E-state index in [0.29, 0.717) is 32.7 Å². The second kappa shape index (κ2) is 11.1. The molecule has 0 unspecified atom stereocenters. The van der Waals surface area contributed by atoms with Crippen molar-refractivity contribution >= 4 is 39.6 Å². The van der Waals surface area contributed by atoms with Crippen molar-refractivity contribution in [1.82, 2.24) is 5.32 Å². The van der Waals surface area contributed by atoms with Gasteiger partial charge in [-0.05, 0) is 57.4 Å². The van der Waals surface area contributed by atoms with E-state index in [1.165, 1.54) is 25.3 Å². The Hall–Kier alpha value is -4.18. The predicted octanol–water partition coefficient (Wildman–Crippen LogP) is 4.80. The molecular weight excluding hydrogens is 508 g/mol. The van der Waals surface area contributed by atoms with Gasteiger partial charge in [-0.3, -0.25) is 14.9 Å². The first kappa shape index (κ1) is 24.5. The molecule has 0 spiro atoms. The molecule has 10 heteroatoms. The fourth-order valence-electron chi connectivity index (χ4n) is 2.98. The summed E-state index contributed by atoms with van der Waals surface area (Å²) in [7, 11) is 1.42. The van der Waals surface area contributed by atoms with Gasteiger partial charge in [0.15, 0.2) is 11.5 Å². The third-order valence-corrected chi connectivity index (χ3v) is 5.17. The van der Waals surface area contributed by atoms with Gasteiger partial charge in [-0.1, -0.05) is 30.3 Å². The van der Waals surface area contributed by atoms with Gasteiger partial charge in [-0.2, -0.15) is 0 Å². The molecular formula is C24H19BrN2O7. The Balaban J connectivity index is 1.84. The van der Waals surface area contributed by atoms with Gasteiger partial charge < -0.3 is 19.9 Å². The molecule has 3 rings (SSSR count). The number of carboxylic acid groups (broad SMARTS) is 1. The van der Waals surface area contributed by atoms with E-state index < -0.39 is 16.8 Å². The summed E-state index contributed by atoms with van der Waals surface area (Å²) in [4.78, 5) is 34.6. The number of aliphatic carboxylic acids is 1. The molecule has 0 heterocycles. The maximum atomic E-state index is 12.4. The number of nitrogens with one attached hydrogen (secondary N) is 1. The van der Waals surface area contributed by atoms with E-state index >= 15 is 0 Å². The van der Waals surface area contributed by atoms with Crippen molar-refractivity contribution in [2.24, 2.45) is 0 Å². The van der Waals surface area contributed by atoms with Gasteiger partial charge in [-0.25, -0.2) is 4.79 Å². The molecule has 0 fully saturated rings. The van der Waals surface area contributed by atoms with Crippen LogP contribution in [0, 0.1) is 10.1 Å². The Kier molecular flexibility index (Phi) is 7.99. The number of amides is 1. The summed E-state index contributed by atoms with van der Waals surface area (Å²) in [5.41, 5.74) is 0.957. The number of nitro groups is 1. The van der Waals surface area contributed by atoms with Crippen LogP contribution in [0.2, 0.25) is 0 Å². The maximum Gasteiger partial charge on any atom is 0.352 e. The summed E-state index contributed by atoms with van der Waals surface area (Å²) in [6.07, 6.45) is 1.29. The number of halogens is 1. The lowest BCUT2D eigenvalue weighted by atomic mass is 10.1. The Morgan fingerprint density at radius 2 is 1.85 bits per heavy atom. The van der Waals surface area contributed by atoms with E-state index in [4.69, 9.17) is 9.47 Å². The smallest absolute Gasteiger partial charge is 0.352 e. The molecule has 34 heavy (non-hydrogen) atoms. The minimum atomic E-state index is -1.31. The lowest BCUT2D eigenvalue weighted by molar-refractivity contribution is -0.384. The first-order valence-electron chi connectivity index (χ1n) is 9.83. The minimum absolute atomic E-state index is 0.0410. The maximum absolute atomic E-state index is 12.4. The van der Waals surface area contributed by atoms with Crippen LogP contribution in [0.25, 0.3) is 6.08 Å². The number of nitro benzene ring substituents is 1. The van der Waals surface area contributed by atoms with Crippen molar-refractivity contribution in [3.05, 3.63) is 104 Å². The summed E-state index contributed by atoms with van der Waals surface area (Å²) in [6.45, 7) is 0.0410. The fraction of sp³-hybridized carbons (Fsp3) is 0.0833. The van der Waals surface area contributed by atoms with E-state index in [1.54, 1.807) is 54.6 Å². The lowest BCUT2D eigenvalue weighted by Crippen LogP contribution is -2.27. The van der Waals surface area contributed by atoms with Crippen LogP contribution in [0.5, 0.6) is 11.5 Å². The number of rotatable bonds is 9. The van der Waals surface area contributed by atoms with Gasteiger partial charge in [0.2, 0.25) is 0 Å². The first-order chi connectivity index (χ1) is 16.3. The molecule has 2 N–H and O–H groups in total. The van der Waals surface area contributed by atoms with Gasteiger partial charge in [-0.15, -0.1) is 0 Å². The SMILES string of the molecule is COc1cc(C=C(NC(=O)c2ccccc2)C(=O)O)cc(Br)c1OCc1cccc([N+](=O)[O-])c1. The molecule has 174 valence electrons. The molecule has 0 aliphatic heterocycles. The molecule has 0 radical (unpaired) electrons. The number of methoxy groups -OCH3 is 1. The summed E-state index contributed by atoms with van der Waals surface area (Å²) in [5.74, 6) is -1.25. The molecule has 1 amide bonds. The van der Waals surface area contributed by atoms with Gasteiger partial charge in [0.25, 0.3) is 11.6 Å². The Morgan fingerprint density at radius 1 is 1.12 bits per heavy atom. The summed E-state index contributed by atoms with van der Waals surface area (Å²) in [6, 6.07) is 17.4. The highest BCUT2D eigenvalue weighted by molar-refractivity contribution is 9.10.